The maximum absolute atomic E-state index is 13.8. The molecule has 2 rings (SSSR count). The lowest BCUT2D eigenvalue weighted by molar-refractivity contribution is 0.147. The number of piperazine rings is 1. The lowest BCUT2D eigenvalue weighted by atomic mass is 10.1. The third-order valence-corrected chi connectivity index (χ3v) is 3.52. The fourth-order valence-electron chi connectivity index (χ4n) is 2.19. The van der Waals surface area contributed by atoms with Crippen LogP contribution >= 0.6 is 0 Å². The molecule has 0 spiro atoms. The quantitative estimate of drug-likeness (QED) is 0.829. The molecule has 0 amide bonds. The van der Waals surface area contributed by atoms with E-state index in [-0.39, 0.29) is 5.82 Å². The molecule has 3 heteroatoms. The highest BCUT2D eigenvalue weighted by Gasteiger charge is 2.15. The summed E-state index contributed by atoms with van der Waals surface area (Å²) < 4.78 is 13.8. The molecule has 1 aliphatic heterocycles. The molecule has 1 aromatic rings. The molecule has 19 heavy (non-hydrogen) atoms. The van der Waals surface area contributed by atoms with Crippen molar-refractivity contribution in [3.63, 3.8) is 0 Å². The van der Waals surface area contributed by atoms with Gasteiger partial charge in [-0.15, -0.1) is 0 Å². The Kier molecular flexibility index (Phi) is 7.03. The highest BCUT2D eigenvalue weighted by atomic mass is 19.1. The van der Waals surface area contributed by atoms with Crippen LogP contribution < -0.4 is 0 Å². The number of benzene rings is 1. The lowest BCUT2D eigenvalue weighted by Crippen LogP contribution is -2.44. The molecular weight excluding hydrogens is 239 g/mol. The van der Waals surface area contributed by atoms with Gasteiger partial charge in [0.05, 0.1) is 0 Å². The number of nitrogens with zero attached hydrogens (tertiary/aromatic N) is 2. The van der Waals surface area contributed by atoms with Crippen LogP contribution in [0, 0.1) is 5.82 Å². The monoisotopic (exact) mass is 266 g/mol. The molecule has 1 aromatic carbocycles. The minimum Gasteiger partial charge on any atom is -0.304 e. The predicted octanol–water partition coefficient (Wildman–Crippen LogP) is 3.16. The summed E-state index contributed by atoms with van der Waals surface area (Å²) in [6.45, 7) is 11.0. The maximum atomic E-state index is 13.8. The molecule has 0 bridgehead atoms. The van der Waals surface area contributed by atoms with Gasteiger partial charge in [-0.2, -0.15) is 0 Å². The van der Waals surface area contributed by atoms with Gasteiger partial charge < -0.3 is 4.90 Å². The van der Waals surface area contributed by atoms with Gasteiger partial charge >= 0.3 is 0 Å². The van der Waals surface area contributed by atoms with Gasteiger partial charge in [-0.3, -0.25) is 4.90 Å². The van der Waals surface area contributed by atoms with Gasteiger partial charge in [-0.1, -0.05) is 32.9 Å². The van der Waals surface area contributed by atoms with Crippen molar-refractivity contribution in [1.29, 1.82) is 0 Å². The zero-order chi connectivity index (χ0) is 14.3. The van der Waals surface area contributed by atoms with E-state index >= 15 is 0 Å². The third-order valence-electron chi connectivity index (χ3n) is 3.52. The molecule has 0 aromatic heterocycles. The summed E-state index contributed by atoms with van der Waals surface area (Å²) in [5.74, 6) is -0.0525. The molecule has 2 nitrogen and oxygen atoms in total. The smallest absolute Gasteiger partial charge is 0.127 e. The molecule has 1 fully saturated rings. The topological polar surface area (TPSA) is 6.48 Å². The van der Waals surface area contributed by atoms with E-state index in [1.807, 2.05) is 26.0 Å². The normalized spacial score (nSPS) is 16.9. The summed E-state index contributed by atoms with van der Waals surface area (Å²) >= 11 is 0. The van der Waals surface area contributed by atoms with E-state index < -0.39 is 0 Å². The molecular formula is C16H27FN2. The van der Waals surface area contributed by atoms with Crippen LogP contribution in [0.4, 0.5) is 4.39 Å². The van der Waals surface area contributed by atoms with Crippen molar-refractivity contribution in [1.82, 2.24) is 9.80 Å². The maximum Gasteiger partial charge on any atom is 0.127 e. The molecule has 1 heterocycles. The van der Waals surface area contributed by atoms with Crippen molar-refractivity contribution < 1.29 is 4.39 Å². The molecule has 108 valence electrons. The van der Waals surface area contributed by atoms with Crippen molar-refractivity contribution in [2.45, 2.75) is 33.7 Å². The minimum absolute atomic E-state index is 0.0525. The third kappa shape index (κ3) is 4.92. The predicted molar refractivity (Wildman–Crippen MR) is 79.9 cm³/mol. The van der Waals surface area contributed by atoms with E-state index in [0.717, 1.165) is 50.3 Å². The average Bonchev–Trinajstić information content (AvgIpc) is 2.45. The lowest BCUT2D eigenvalue weighted by Gasteiger charge is -2.32. The first-order valence-electron chi connectivity index (χ1n) is 7.37. The summed E-state index contributed by atoms with van der Waals surface area (Å²) in [5, 5.41) is 0. The van der Waals surface area contributed by atoms with E-state index in [1.165, 1.54) is 0 Å². The highest BCUT2D eigenvalue weighted by molar-refractivity contribution is 5.24. The second kappa shape index (κ2) is 8.28. The van der Waals surface area contributed by atoms with E-state index in [2.05, 4.69) is 23.8 Å². The molecule has 0 radical (unpaired) electrons. The van der Waals surface area contributed by atoms with Crippen LogP contribution in [0.25, 0.3) is 0 Å². The Morgan fingerprint density at radius 3 is 2.26 bits per heavy atom. The van der Waals surface area contributed by atoms with Gasteiger partial charge in [0, 0.05) is 38.3 Å². The standard InChI is InChI=1S/C14H21FN2.C2H6/c1-3-12-4-5-13(14(15)10-12)11-17-8-6-16(2)7-9-17;1-2/h4-5,10H,3,6-9,11H2,1-2H3;1-2H3. The van der Waals surface area contributed by atoms with Gasteiger partial charge in [0.15, 0.2) is 0 Å². The SMILES string of the molecule is CC.CCc1ccc(CN2CCN(C)CC2)c(F)c1. The Balaban J connectivity index is 0.000000861. The van der Waals surface area contributed by atoms with Gasteiger partial charge in [-0.05, 0) is 25.1 Å². The molecule has 1 aliphatic rings. The van der Waals surface area contributed by atoms with Crippen molar-refractivity contribution in [2.75, 3.05) is 33.2 Å². The van der Waals surface area contributed by atoms with Crippen LogP contribution in [0.5, 0.6) is 0 Å². The average molecular weight is 266 g/mol. The first kappa shape index (κ1) is 16.1. The number of hydrogen-bond donors (Lipinski definition) is 0. The molecule has 0 aliphatic carbocycles. The Bertz CT molecular complexity index is 371. The molecule has 0 atom stereocenters. The largest absolute Gasteiger partial charge is 0.304 e. The van der Waals surface area contributed by atoms with Crippen LogP contribution in [0.3, 0.4) is 0 Å². The number of hydrogen-bond acceptors (Lipinski definition) is 2. The first-order valence-corrected chi connectivity index (χ1v) is 7.37. The zero-order valence-electron chi connectivity index (χ0n) is 12.7. The summed E-state index contributed by atoms with van der Waals surface area (Å²) in [7, 11) is 2.13. The van der Waals surface area contributed by atoms with E-state index in [4.69, 9.17) is 0 Å². The summed E-state index contributed by atoms with van der Waals surface area (Å²) in [6, 6.07) is 5.65. The van der Waals surface area contributed by atoms with Crippen LogP contribution in [0.1, 0.15) is 31.9 Å². The summed E-state index contributed by atoms with van der Waals surface area (Å²) in [4.78, 5) is 4.64. The van der Waals surface area contributed by atoms with Crippen LogP contribution in [-0.4, -0.2) is 43.0 Å². The zero-order valence-corrected chi connectivity index (χ0v) is 12.7. The first-order chi connectivity index (χ1) is 9.19. The molecule has 0 saturated carbocycles. The van der Waals surface area contributed by atoms with Crippen molar-refractivity contribution >= 4 is 0 Å². The second-order valence-corrected chi connectivity index (χ2v) is 4.86. The van der Waals surface area contributed by atoms with Crippen molar-refractivity contribution in [3.05, 3.63) is 35.1 Å². The van der Waals surface area contributed by atoms with Gasteiger partial charge in [0.25, 0.3) is 0 Å². The van der Waals surface area contributed by atoms with Gasteiger partial charge in [-0.25, -0.2) is 4.39 Å². The Labute approximate surface area is 117 Å². The fraction of sp³-hybridized carbons (Fsp3) is 0.625. The van der Waals surface area contributed by atoms with Crippen LogP contribution in [0.2, 0.25) is 0 Å². The Hall–Kier alpha value is -0.930. The van der Waals surface area contributed by atoms with E-state index in [0.29, 0.717) is 0 Å². The van der Waals surface area contributed by atoms with Gasteiger partial charge in [0.2, 0.25) is 0 Å². The van der Waals surface area contributed by atoms with Crippen LogP contribution in [-0.2, 0) is 13.0 Å². The number of likely N-dealkylation sites (N-methyl/N-ethyl adjacent to an activating group) is 1. The van der Waals surface area contributed by atoms with E-state index in [9.17, 15) is 4.39 Å². The van der Waals surface area contributed by atoms with E-state index in [1.54, 1.807) is 6.07 Å². The van der Waals surface area contributed by atoms with Crippen molar-refractivity contribution in [2.24, 2.45) is 0 Å². The number of halogens is 1. The van der Waals surface area contributed by atoms with Gasteiger partial charge in [0.1, 0.15) is 5.82 Å². The summed E-state index contributed by atoms with van der Waals surface area (Å²) in [6.07, 6.45) is 0.895. The van der Waals surface area contributed by atoms with Crippen molar-refractivity contribution in [3.8, 4) is 0 Å². The molecule has 0 N–H and O–H groups in total. The summed E-state index contributed by atoms with van der Waals surface area (Å²) in [5.41, 5.74) is 1.90. The molecule has 1 saturated heterocycles. The Morgan fingerprint density at radius 1 is 1.11 bits per heavy atom. The highest BCUT2D eigenvalue weighted by Crippen LogP contribution is 2.14. The van der Waals surface area contributed by atoms with Crippen LogP contribution in [0.15, 0.2) is 18.2 Å². The fourth-order valence-corrected chi connectivity index (χ4v) is 2.19. The minimum atomic E-state index is -0.0525. The molecule has 0 unspecified atom stereocenters. The number of rotatable bonds is 3. The second-order valence-electron chi connectivity index (χ2n) is 4.86. The Morgan fingerprint density at radius 2 is 1.74 bits per heavy atom. The number of aryl methyl sites for hydroxylation is 1.